The predicted molar refractivity (Wildman–Crippen MR) is 71.3 cm³/mol. The standard InChI is InChI=1S/C15H22O2/c1-3-7-14(16)9-4-5-11-17-15-10-6-8-13(2)12-15/h3,6-8,10,12,14,16H,4-5,9,11H2,1-2H3/t14-/m1/s1. The van der Waals surface area contributed by atoms with Gasteiger partial charge in [0.15, 0.2) is 0 Å². The van der Waals surface area contributed by atoms with E-state index in [9.17, 15) is 5.11 Å². The van der Waals surface area contributed by atoms with Gasteiger partial charge in [0.05, 0.1) is 12.7 Å². The zero-order valence-corrected chi connectivity index (χ0v) is 10.7. The molecule has 0 spiro atoms. The second-order valence-electron chi connectivity index (χ2n) is 4.25. The van der Waals surface area contributed by atoms with Gasteiger partial charge in [-0.3, -0.25) is 0 Å². The predicted octanol–water partition coefficient (Wildman–Crippen LogP) is 3.48. The summed E-state index contributed by atoms with van der Waals surface area (Å²) in [6.45, 7) is 4.69. The third-order valence-corrected chi connectivity index (χ3v) is 2.57. The first-order valence-corrected chi connectivity index (χ1v) is 6.22. The van der Waals surface area contributed by atoms with Gasteiger partial charge in [-0.2, -0.15) is 0 Å². The number of aryl methyl sites for hydroxylation is 1. The van der Waals surface area contributed by atoms with Crippen LogP contribution in [-0.2, 0) is 0 Å². The van der Waals surface area contributed by atoms with Crippen LogP contribution in [0.1, 0.15) is 31.7 Å². The van der Waals surface area contributed by atoms with Gasteiger partial charge >= 0.3 is 0 Å². The lowest BCUT2D eigenvalue weighted by molar-refractivity contribution is 0.203. The van der Waals surface area contributed by atoms with Crippen LogP contribution in [0.25, 0.3) is 0 Å². The summed E-state index contributed by atoms with van der Waals surface area (Å²) in [7, 11) is 0. The molecule has 0 saturated heterocycles. The number of aliphatic hydroxyl groups is 1. The van der Waals surface area contributed by atoms with Crippen LogP contribution in [0.5, 0.6) is 5.75 Å². The largest absolute Gasteiger partial charge is 0.494 e. The fraction of sp³-hybridized carbons (Fsp3) is 0.467. The molecule has 2 heteroatoms. The van der Waals surface area contributed by atoms with E-state index < -0.39 is 0 Å². The van der Waals surface area contributed by atoms with Crippen molar-refractivity contribution in [2.45, 2.75) is 39.2 Å². The Labute approximate surface area is 104 Å². The van der Waals surface area contributed by atoms with Gasteiger partial charge in [0.25, 0.3) is 0 Å². The van der Waals surface area contributed by atoms with Gasteiger partial charge in [0.2, 0.25) is 0 Å². The Morgan fingerprint density at radius 1 is 1.35 bits per heavy atom. The van der Waals surface area contributed by atoms with Crippen LogP contribution in [0, 0.1) is 6.92 Å². The van der Waals surface area contributed by atoms with Gasteiger partial charge < -0.3 is 9.84 Å². The van der Waals surface area contributed by atoms with Crippen LogP contribution >= 0.6 is 0 Å². The molecule has 0 aliphatic rings. The highest BCUT2D eigenvalue weighted by Gasteiger charge is 1.99. The van der Waals surface area contributed by atoms with Crippen LogP contribution in [-0.4, -0.2) is 17.8 Å². The summed E-state index contributed by atoms with van der Waals surface area (Å²) in [6.07, 6.45) is 6.16. The summed E-state index contributed by atoms with van der Waals surface area (Å²) in [4.78, 5) is 0. The summed E-state index contributed by atoms with van der Waals surface area (Å²) in [5, 5.41) is 9.47. The number of benzene rings is 1. The van der Waals surface area contributed by atoms with E-state index in [-0.39, 0.29) is 6.10 Å². The summed E-state index contributed by atoms with van der Waals surface area (Å²) in [5.41, 5.74) is 1.21. The minimum Gasteiger partial charge on any atom is -0.494 e. The molecule has 1 aromatic carbocycles. The number of rotatable bonds is 7. The van der Waals surface area contributed by atoms with E-state index in [1.165, 1.54) is 5.56 Å². The lowest BCUT2D eigenvalue weighted by Gasteiger charge is -2.08. The Kier molecular flexibility index (Phi) is 6.41. The zero-order valence-electron chi connectivity index (χ0n) is 10.7. The van der Waals surface area contributed by atoms with Crippen LogP contribution in [0.4, 0.5) is 0 Å². The van der Waals surface area contributed by atoms with E-state index in [2.05, 4.69) is 13.0 Å². The molecular weight excluding hydrogens is 212 g/mol. The van der Waals surface area contributed by atoms with Gasteiger partial charge in [-0.25, -0.2) is 0 Å². The Morgan fingerprint density at radius 2 is 2.18 bits per heavy atom. The zero-order chi connectivity index (χ0) is 12.5. The Balaban J connectivity index is 2.12. The molecule has 94 valence electrons. The fourth-order valence-corrected chi connectivity index (χ4v) is 1.67. The maximum absolute atomic E-state index is 9.47. The minimum atomic E-state index is -0.307. The Hall–Kier alpha value is -1.28. The molecule has 0 aliphatic heterocycles. The molecule has 0 aliphatic carbocycles. The van der Waals surface area contributed by atoms with Crippen molar-refractivity contribution < 1.29 is 9.84 Å². The van der Waals surface area contributed by atoms with Crippen LogP contribution < -0.4 is 4.74 Å². The minimum absolute atomic E-state index is 0.307. The molecule has 1 rings (SSSR count). The van der Waals surface area contributed by atoms with Gasteiger partial charge in [-0.1, -0.05) is 24.3 Å². The number of unbranched alkanes of at least 4 members (excludes halogenated alkanes) is 1. The van der Waals surface area contributed by atoms with Crippen LogP contribution in [0.2, 0.25) is 0 Å². The van der Waals surface area contributed by atoms with Crippen molar-refractivity contribution in [2.24, 2.45) is 0 Å². The monoisotopic (exact) mass is 234 g/mol. The average Bonchev–Trinajstić information content (AvgIpc) is 2.29. The van der Waals surface area contributed by atoms with E-state index >= 15 is 0 Å². The molecule has 0 heterocycles. The first-order valence-electron chi connectivity index (χ1n) is 6.22. The molecule has 2 nitrogen and oxygen atoms in total. The maximum atomic E-state index is 9.47. The highest BCUT2D eigenvalue weighted by atomic mass is 16.5. The normalized spacial score (nSPS) is 12.9. The van der Waals surface area contributed by atoms with Crippen molar-refractivity contribution in [1.29, 1.82) is 0 Å². The molecule has 0 unspecified atom stereocenters. The van der Waals surface area contributed by atoms with Gasteiger partial charge in [-0.05, 0) is 50.8 Å². The lowest BCUT2D eigenvalue weighted by Crippen LogP contribution is -2.03. The summed E-state index contributed by atoms with van der Waals surface area (Å²) in [6, 6.07) is 8.07. The van der Waals surface area contributed by atoms with Crippen molar-refractivity contribution in [3.8, 4) is 5.75 Å². The van der Waals surface area contributed by atoms with Gasteiger partial charge in [0.1, 0.15) is 5.75 Å². The van der Waals surface area contributed by atoms with Crippen molar-refractivity contribution in [2.75, 3.05) is 6.61 Å². The summed E-state index contributed by atoms with van der Waals surface area (Å²) >= 11 is 0. The summed E-state index contributed by atoms with van der Waals surface area (Å²) < 4.78 is 5.63. The molecule has 0 amide bonds. The van der Waals surface area contributed by atoms with Crippen molar-refractivity contribution in [1.82, 2.24) is 0 Å². The first-order chi connectivity index (χ1) is 8.22. The molecule has 0 radical (unpaired) electrons. The SMILES string of the molecule is CC=C[C@@H](O)CCCCOc1cccc(C)c1. The van der Waals surface area contributed by atoms with Crippen molar-refractivity contribution in [3.63, 3.8) is 0 Å². The smallest absolute Gasteiger partial charge is 0.119 e. The highest BCUT2D eigenvalue weighted by Crippen LogP contribution is 2.13. The quantitative estimate of drug-likeness (QED) is 0.578. The number of hydrogen-bond donors (Lipinski definition) is 1. The third-order valence-electron chi connectivity index (χ3n) is 2.57. The number of allylic oxidation sites excluding steroid dienone is 1. The van der Waals surface area contributed by atoms with E-state index in [0.717, 1.165) is 25.0 Å². The van der Waals surface area contributed by atoms with Crippen LogP contribution in [0.15, 0.2) is 36.4 Å². The van der Waals surface area contributed by atoms with E-state index in [4.69, 9.17) is 4.74 Å². The molecule has 1 atom stereocenters. The van der Waals surface area contributed by atoms with E-state index in [0.29, 0.717) is 6.61 Å². The van der Waals surface area contributed by atoms with Gasteiger partial charge in [-0.15, -0.1) is 0 Å². The third kappa shape index (κ3) is 6.12. The average molecular weight is 234 g/mol. The second-order valence-corrected chi connectivity index (χ2v) is 4.25. The molecular formula is C15H22O2. The fourth-order valence-electron chi connectivity index (χ4n) is 1.67. The summed E-state index contributed by atoms with van der Waals surface area (Å²) in [5.74, 6) is 0.930. The van der Waals surface area contributed by atoms with Gasteiger partial charge in [0, 0.05) is 0 Å². The van der Waals surface area contributed by atoms with E-state index in [1.54, 1.807) is 0 Å². The Bertz CT molecular complexity index is 345. The Morgan fingerprint density at radius 3 is 2.88 bits per heavy atom. The van der Waals surface area contributed by atoms with Crippen molar-refractivity contribution >= 4 is 0 Å². The topological polar surface area (TPSA) is 29.5 Å². The molecule has 0 bridgehead atoms. The second kappa shape index (κ2) is 7.91. The first kappa shape index (κ1) is 13.8. The molecule has 0 aromatic heterocycles. The van der Waals surface area contributed by atoms with Crippen molar-refractivity contribution in [3.05, 3.63) is 42.0 Å². The number of ether oxygens (including phenoxy) is 1. The molecule has 0 fully saturated rings. The molecule has 1 aromatic rings. The number of hydrogen-bond acceptors (Lipinski definition) is 2. The highest BCUT2D eigenvalue weighted by molar-refractivity contribution is 5.27. The molecule has 1 N–H and O–H groups in total. The lowest BCUT2D eigenvalue weighted by atomic mass is 10.1. The van der Waals surface area contributed by atoms with Crippen LogP contribution in [0.3, 0.4) is 0 Å². The van der Waals surface area contributed by atoms with E-state index in [1.807, 2.05) is 37.3 Å². The molecule has 17 heavy (non-hydrogen) atoms. The maximum Gasteiger partial charge on any atom is 0.119 e. The molecule has 0 saturated carbocycles. The number of aliphatic hydroxyl groups excluding tert-OH is 1.